The smallest absolute Gasteiger partial charge is 0.308 e. The van der Waals surface area contributed by atoms with E-state index < -0.39 is 17.9 Å². The number of carbonyl (C=O) groups excluding carboxylic acids is 1. The highest BCUT2D eigenvalue weighted by Gasteiger charge is 2.41. The first-order valence-electron chi connectivity index (χ1n) is 8.15. The average Bonchev–Trinajstić information content (AvgIpc) is 2.56. The molecule has 1 N–H and O–H groups in total. The molecular weight excluding hydrogens is 302 g/mol. The molecule has 0 saturated carbocycles. The molecule has 1 fully saturated rings. The molecule has 1 saturated heterocycles. The number of hydrogen-bond donors (Lipinski definition) is 1. The third-order valence-electron chi connectivity index (χ3n) is 4.65. The fourth-order valence-electron chi connectivity index (χ4n) is 3.31. The van der Waals surface area contributed by atoms with Crippen molar-refractivity contribution < 1.29 is 14.7 Å². The largest absolute Gasteiger partial charge is 0.481 e. The van der Waals surface area contributed by atoms with Gasteiger partial charge in [0.15, 0.2) is 0 Å². The van der Waals surface area contributed by atoms with Gasteiger partial charge in [-0.05, 0) is 38.0 Å². The second kappa shape index (κ2) is 6.48. The maximum Gasteiger partial charge on any atom is 0.308 e. The Labute approximate surface area is 141 Å². The number of nitrogens with zero attached hydrogens (tertiary/aromatic N) is 1. The third-order valence-corrected chi connectivity index (χ3v) is 4.65. The Hall–Kier alpha value is -2.62. The number of anilines is 1. The summed E-state index contributed by atoms with van der Waals surface area (Å²) in [6.07, 6.45) is 0.627. The summed E-state index contributed by atoms with van der Waals surface area (Å²) in [7, 11) is 0. The molecule has 4 heteroatoms. The van der Waals surface area contributed by atoms with Crippen LogP contribution in [0.1, 0.15) is 35.6 Å². The van der Waals surface area contributed by atoms with Crippen molar-refractivity contribution in [1.29, 1.82) is 0 Å². The van der Waals surface area contributed by atoms with Gasteiger partial charge in [-0.2, -0.15) is 0 Å². The first-order chi connectivity index (χ1) is 11.5. The second-order valence-corrected chi connectivity index (χ2v) is 6.44. The maximum absolute atomic E-state index is 12.6. The van der Waals surface area contributed by atoms with E-state index in [1.807, 2.05) is 62.4 Å². The average molecular weight is 323 g/mol. The zero-order valence-corrected chi connectivity index (χ0v) is 13.9. The van der Waals surface area contributed by atoms with E-state index in [4.69, 9.17) is 0 Å². The van der Waals surface area contributed by atoms with E-state index in [1.165, 1.54) is 0 Å². The van der Waals surface area contributed by atoms with Crippen molar-refractivity contribution in [3.8, 4) is 0 Å². The number of amides is 1. The Bertz CT molecular complexity index is 749. The first-order valence-corrected chi connectivity index (χ1v) is 8.15. The molecule has 1 amide bonds. The lowest BCUT2D eigenvalue weighted by atomic mass is 9.83. The Morgan fingerprint density at radius 2 is 1.54 bits per heavy atom. The molecule has 124 valence electrons. The molecular formula is C20H21NO3. The number of carboxylic acids is 1. The Morgan fingerprint density at radius 3 is 2.08 bits per heavy atom. The minimum absolute atomic E-state index is 0.0260. The van der Waals surface area contributed by atoms with E-state index >= 15 is 0 Å². The topological polar surface area (TPSA) is 57.6 Å². The van der Waals surface area contributed by atoms with Gasteiger partial charge in [-0.25, -0.2) is 0 Å². The molecule has 0 aliphatic carbocycles. The lowest BCUT2D eigenvalue weighted by Crippen LogP contribution is -2.45. The summed E-state index contributed by atoms with van der Waals surface area (Å²) in [4.78, 5) is 26.1. The number of benzene rings is 2. The van der Waals surface area contributed by atoms with Gasteiger partial charge in [0.05, 0.1) is 12.0 Å². The fraction of sp³-hybridized carbons (Fsp3) is 0.300. The van der Waals surface area contributed by atoms with Crippen LogP contribution in [0.4, 0.5) is 5.69 Å². The lowest BCUT2D eigenvalue weighted by Gasteiger charge is -2.40. The highest BCUT2D eigenvalue weighted by Crippen LogP contribution is 2.40. The molecule has 0 radical (unpaired) electrons. The highest BCUT2D eigenvalue weighted by atomic mass is 16.4. The minimum atomic E-state index is -0.856. The monoisotopic (exact) mass is 323 g/mol. The number of aliphatic carboxylic acids is 1. The maximum atomic E-state index is 12.6. The summed E-state index contributed by atoms with van der Waals surface area (Å²) >= 11 is 0. The van der Waals surface area contributed by atoms with Gasteiger partial charge in [-0.1, -0.05) is 47.5 Å². The van der Waals surface area contributed by atoms with Crippen LogP contribution in [-0.4, -0.2) is 17.0 Å². The van der Waals surface area contributed by atoms with Crippen LogP contribution in [0.3, 0.4) is 0 Å². The molecule has 0 spiro atoms. The van der Waals surface area contributed by atoms with Crippen molar-refractivity contribution in [3.63, 3.8) is 0 Å². The third kappa shape index (κ3) is 3.04. The van der Waals surface area contributed by atoms with Crippen molar-refractivity contribution in [2.45, 2.75) is 32.7 Å². The summed E-state index contributed by atoms with van der Waals surface area (Å²) in [6.45, 7) is 3.97. The zero-order chi connectivity index (χ0) is 17.3. The molecule has 1 heterocycles. The summed E-state index contributed by atoms with van der Waals surface area (Å²) in [6, 6.07) is 15.0. The van der Waals surface area contributed by atoms with Crippen LogP contribution in [0.2, 0.25) is 0 Å². The SMILES string of the molecule is Cc1ccc(C2C(C(=O)O)CCC(=O)N2c2ccc(C)cc2)cc1. The van der Waals surface area contributed by atoms with Crippen molar-refractivity contribution in [2.24, 2.45) is 5.92 Å². The molecule has 0 aromatic heterocycles. The van der Waals surface area contributed by atoms with Crippen LogP contribution >= 0.6 is 0 Å². The Morgan fingerprint density at radius 1 is 1.00 bits per heavy atom. The normalized spacial score (nSPS) is 20.9. The van der Waals surface area contributed by atoms with Gasteiger partial charge in [0, 0.05) is 12.1 Å². The van der Waals surface area contributed by atoms with Gasteiger partial charge in [0.1, 0.15) is 0 Å². The van der Waals surface area contributed by atoms with Crippen molar-refractivity contribution >= 4 is 17.6 Å². The van der Waals surface area contributed by atoms with Gasteiger partial charge < -0.3 is 10.0 Å². The van der Waals surface area contributed by atoms with E-state index in [9.17, 15) is 14.7 Å². The van der Waals surface area contributed by atoms with E-state index in [2.05, 4.69) is 0 Å². The molecule has 2 atom stereocenters. The number of hydrogen-bond acceptors (Lipinski definition) is 2. The van der Waals surface area contributed by atoms with Crippen LogP contribution in [0.5, 0.6) is 0 Å². The second-order valence-electron chi connectivity index (χ2n) is 6.44. The summed E-state index contributed by atoms with van der Waals surface area (Å²) in [5.74, 6) is -1.49. The molecule has 2 unspecified atom stereocenters. The van der Waals surface area contributed by atoms with E-state index in [0.717, 1.165) is 22.4 Å². The zero-order valence-electron chi connectivity index (χ0n) is 13.9. The molecule has 2 aromatic carbocycles. The predicted molar refractivity (Wildman–Crippen MR) is 92.9 cm³/mol. The summed E-state index contributed by atoms with van der Waals surface area (Å²) < 4.78 is 0. The molecule has 1 aliphatic heterocycles. The van der Waals surface area contributed by atoms with Crippen LogP contribution in [0.15, 0.2) is 48.5 Å². The number of rotatable bonds is 3. The first kappa shape index (κ1) is 16.2. The Balaban J connectivity index is 2.09. The lowest BCUT2D eigenvalue weighted by molar-refractivity contribution is -0.144. The van der Waals surface area contributed by atoms with Gasteiger partial charge in [0.2, 0.25) is 5.91 Å². The van der Waals surface area contributed by atoms with E-state index in [1.54, 1.807) is 4.90 Å². The molecule has 2 aromatic rings. The number of aryl methyl sites for hydroxylation is 2. The number of carboxylic acid groups (broad SMARTS) is 1. The van der Waals surface area contributed by atoms with Crippen LogP contribution < -0.4 is 4.90 Å². The van der Waals surface area contributed by atoms with Gasteiger partial charge in [0.25, 0.3) is 0 Å². The van der Waals surface area contributed by atoms with Gasteiger partial charge in [-0.15, -0.1) is 0 Å². The number of piperidine rings is 1. The van der Waals surface area contributed by atoms with Gasteiger partial charge >= 0.3 is 5.97 Å². The highest BCUT2D eigenvalue weighted by molar-refractivity contribution is 5.96. The molecule has 0 bridgehead atoms. The molecule has 3 rings (SSSR count). The van der Waals surface area contributed by atoms with E-state index in [-0.39, 0.29) is 12.3 Å². The molecule has 24 heavy (non-hydrogen) atoms. The number of carbonyl (C=O) groups is 2. The minimum Gasteiger partial charge on any atom is -0.481 e. The summed E-state index contributed by atoms with van der Waals surface area (Å²) in [5, 5.41) is 9.68. The standard InChI is InChI=1S/C20H21NO3/c1-13-3-7-15(8-4-13)19-17(20(23)24)11-12-18(22)21(19)16-9-5-14(2)6-10-16/h3-10,17,19H,11-12H2,1-2H3,(H,23,24). The van der Waals surface area contributed by atoms with Crippen LogP contribution in [0, 0.1) is 19.8 Å². The fourth-order valence-corrected chi connectivity index (χ4v) is 3.31. The van der Waals surface area contributed by atoms with Gasteiger partial charge in [-0.3, -0.25) is 9.59 Å². The summed E-state index contributed by atoms with van der Waals surface area (Å²) in [5.41, 5.74) is 3.82. The molecule has 1 aliphatic rings. The van der Waals surface area contributed by atoms with Crippen molar-refractivity contribution in [3.05, 3.63) is 65.2 Å². The quantitative estimate of drug-likeness (QED) is 0.933. The van der Waals surface area contributed by atoms with Crippen molar-refractivity contribution in [2.75, 3.05) is 4.90 Å². The predicted octanol–water partition coefficient (Wildman–Crippen LogP) is 3.87. The molecule has 4 nitrogen and oxygen atoms in total. The van der Waals surface area contributed by atoms with Crippen LogP contribution in [0.25, 0.3) is 0 Å². The Kier molecular flexibility index (Phi) is 4.38. The van der Waals surface area contributed by atoms with Crippen LogP contribution in [-0.2, 0) is 9.59 Å². The van der Waals surface area contributed by atoms with E-state index in [0.29, 0.717) is 6.42 Å². The van der Waals surface area contributed by atoms with Crippen molar-refractivity contribution in [1.82, 2.24) is 0 Å².